The molecule has 134 valence electrons. The molecular formula is C20H17N5OS. The first kappa shape index (κ1) is 16.3. The summed E-state index contributed by atoms with van der Waals surface area (Å²) in [5, 5.41) is 10.5. The number of nitrogens with one attached hydrogen (secondary N) is 1. The van der Waals surface area contributed by atoms with Crippen molar-refractivity contribution in [2.45, 2.75) is 24.0 Å². The maximum Gasteiger partial charge on any atom is 0.192 e. The van der Waals surface area contributed by atoms with Crippen LogP contribution >= 0.6 is 11.8 Å². The van der Waals surface area contributed by atoms with Crippen LogP contribution in [0.15, 0.2) is 60.1 Å². The molecule has 0 saturated heterocycles. The predicted octanol–water partition coefficient (Wildman–Crippen LogP) is 4.13. The van der Waals surface area contributed by atoms with Gasteiger partial charge in [0, 0.05) is 46.7 Å². The number of hydrogen-bond donors (Lipinski definition) is 1. The Labute approximate surface area is 160 Å². The van der Waals surface area contributed by atoms with E-state index in [0.717, 1.165) is 45.9 Å². The van der Waals surface area contributed by atoms with Crippen molar-refractivity contribution >= 4 is 28.4 Å². The van der Waals surface area contributed by atoms with Gasteiger partial charge in [-0.15, -0.1) is 10.2 Å². The molecule has 27 heavy (non-hydrogen) atoms. The molecule has 3 heterocycles. The van der Waals surface area contributed by atoms with Crippen LogP contribution < -0.4 is 0 Å². The zero-order valence-electron chi connectivity index (χ0n) is 14.5. The maximum atomic E-state index is 12.8. The van der Waals surface area contributed by atoms with E-state index >= 15 is 0 Å². The van der Waals surface area contributed by atoms with Crippen molar-refractivity contribution in [3.05, 3.63) is 60.6 Å². The molecular weight excluding hydrogens is 358 g/mol. The Kier molecular flexibility index (Phi) is 4.01. The normalized spacial score (nSPS) is 13.9. The number of fused-ring (bicyclic) bond motifs is 1. The topological polar surface area (TPSA) is 76.5 Å². The number of Topliss-reactive ketones (excluding diaryl/α,β-unsaturated/α-hetero) is 1. The molecule has 1 aliphatic rings. The summed E-state index contributed by atoms with van der Waals surface area (Å²) >= 11 is 1.46. The molecule has 0 unspecified atom stereocenters. The summed E-state index contributed by atoms with van der Waals surface area (Å²) < 4.78 is 2.17. The van der Waals surface area contributed by atoms with Gasteiger partial charge in [-0.25, -0.2) is 0 Å². The third-order valence-corrected chi connectivity index (χ3v) is 5.68. The number of H-pyrrole nitrogens is 1. The molecule has 1 saturated carbocycles. The predicted molar refractivity (Wildman–Crippen MR) is 105 cm³/mol. The van der Waals surface area contributed by atoms with Crippen molar-refractivity contribution < 1.29 is 4.79 Å². The van der Waals surface area contributed by atoms with Crippen molar-refractivity contribution in [3.8, 4) is 11.4 Å². The quantitative estimate of drug-likeness (QED) is 0.405. The molecule has 0 atom stereocenters. The minimum atomic E-state index is 0.0910. The van der Waals surface area contributed by atoms with E-state index in [1.54, 1.807) is 18.6 Å². The van der Waals surface area contributed by atoms with Gasteiger partial charge in [-0.1, -0.05) is 30.0 Å². The standard InChI is InChI=1S/C20H17N5OS/c26-18(16-11-22-17-4-2-1-3-15(16)17)12-27-20-24-23-19(25(20)14-5-6-14)13-7-9-21-10-8-13/h1-4,7-11,14,22H,5-6,12H2. The van der Waals surface area contributed by atoms with Crippen LogP contribution in [-0.2, 0) is 0 Å². The summed E-state index contributed by atoms with van der Waals surface area (Å²) in [4.78, 5) is 20.0. The smallest absolute Gasteiger partial charge is 0.192 e. The number of hydrogen-bond acceptors (Lipinski definition) is 5. The van der Waals surface area contributed by atoms with Gasteiger partial charge in [-0.05, 0) is 31.0 Å². The Morgan fingerprint density at radius 1 is 1.15 bits per heavy atom. The van der Waals surface area contributed by atoms with E-state index in [1.807, 2.05) is 36.4 Å². The van der Waals surface area contributed by atoms with Crippen molar-refractivity contribution in [3.63, 3.8) is 0 Å². The summed E-state index contributed by atoms with van der Waals surface area (Å²) in [6.07, 6.45) is 7.56. The fourth-order valence-electron chi connectivity index (χ4n) is 3.25. The lowest BCUT2D eigenvalue weighted by Crippen LogP contribution is -2.04. The highest BCUT2D eigenvalue weighted by Crippen LogP contribution is 2.41. The zero-order valence-corrected chi connectivity index (χ0v) is 15.3. The second-order valence-electron chi connectivity index (χ2n) is 6.60. The molecule has 0 aliphatic heterocycles. The maximum absolute atomic E-state index is 12.8. The number of aromatic amines is 1. The first-order chi connectivity index (χ1) is 13.3. The van der Waals surface area contributed by atoms with Gasteiger partial charge < -0.3 is 4.98 Å². The molecule has 1 fully saturated rings. The number of pyridine rings is 1. The van der Waals surface area contributed by atoms with E-state index in [-0.39, 0.29) is 5.78 Å². The molecule has 0 spiro atoms. The number of ketones is 1. The van der Waals surface area contributed by atoms with E-state index in [4.69, 9.17) is 0 Å². The van der Waals surface area contributed by atoms with Crippen LogP contribution in [0.4, 0.5) is 0 Å². The summed E-state index contributed by atoms with van der Waals surface area (Å²) in [6.45, 7) is 0. The Morgan fingerprint density at radius 2 is 1.96 bits per heavy atom. The molecule has 0 radical (unpaired) electrons. The average molecular weight is 375 g/mol. The van der Waals surface area contributed by atoms with E-state index in [1.165, 1.54) is 11.8 Å². The number of nitrogens with zero attached hydrogens (tertiary/aromatic N) is 4. The van der Waals surface area contributed by atoms with Gasteiger partial charge in [0.15, 0.2) is 16.8 Å². The fraction of sp³-hybridized carbons (Fsp3) is 0.200. The highest BCUT2D eigenvalue weighted by atomic mass is 32.2. The molecule has 7 heteroatoms. The van der Waals surface area contributed by atoms with Crippen LogP contribution in [0.1, 0.15) is 29.2 Å². The molecule has 4 aromatic rings. The van der Waals surface area contributed by atoms with E-state index < -0.39 is 0 Å². The monoisotopic (exact) mass is 375 g/mol. The SMILES string of the molecule is O=C(CSc1nnc(-c2ccncc2)n1C1CC1)c1c[nH]c2ccccc12. The van der Waals surface area contributed by atoms with Gasteiger partial charge in [0.25, 0.3) is 0 Å². The van der Waals surface area contributed by atoms with Crippen molar-refractivity contribution in [2.75, 3.05) is 5.75 Å². The fourth-order valence-corrected chi connectivity index (χ4v) is 4.13. The number of para-hydroxylation sites is 1. The van der Waals surface area contributed by atoms with Gasteiger partial charge in [-0.2, -0.15) is 0 Å². The number of carbonyl (C=O) groups is 1. The largest absolute Gasteiger partial charge is 0.360 e. The van der Waals surface area contributed by atoms with E-state index in [2.05, 4.69) is 24.7 Å². The molecule has 1 N–H and O–H groups in total. The van der Waals surface area contributed by atoms with Gasteiger partial charge in [0.1, 0.15) is 0 Å². The third kappa shape index (κ3) is 3.04. The van der Waals surface area contributed by atoms with Crippen molar-refractivity contribution in [2.24, 2.45) is 0 Å². The van der Waals surface area contributed by atoms with Crippen LogP contribution in [0.3, 0.4) is 0 Å². The lowest BCUT2D eigenvalue weighted by atomic mass is 10.1. The molecule has 3 aromatic heterocycles. The van der Waals surface area contributed by atoms with Crippen molar-refractivity contribution in [1.82, 2.24) is 24.7 Å². The Balaban J connectivity index is 1.40. The number of thioether (sulfide) groups is 1. The first-order valence-corrected chi connectivity index (χ1v) is 9.87. The first-order valence-electron chi connectivity index (χ1n) is 8.88. The average Bonchev–Trinajstić information content (AvgIpc) is 3.31. The Bertz CT molecular complexity index is 1110. The molecule has 6 nitrogen and oxygen atoms in total. The van der Waals surface area contributed by atoms with Gasteiger partial charge in [0.05, 0.1) is 5.75 Å². The highest BCUT2D eigenvalue weighted by molar-refractivity contribution is 7.99. The highest BCUT2D eigenvalue weighted by Gasteiger charge is 2.30. The van der Waals surface area contributed by atoms with Gasteiger partial charge in [0.2, 0.25) is 0 Å². The zero-order chi connectivity index (χ0) is 18.2. The lowest BCUT2D eigenvalue weighted by Gasteiger charge is -2.08. The second-order valence-corrected chi connectivity index (χ2v) is 7.55. The number of benzene rings is 1. The van der Waals surface area contributed by atoms with Crippen LogP contribution in [-0.4, -0.2) is 36.3 Å². The third-order valence-electron chi connectivity index (χ3n) is 4.74. The van der Waals surface area contributed by atoms with Crippen LogP contribution in [0, 0.1) is 0 Å². The van der Waals surface area contributed by atoms with Crippen molar-refractivity contribution in [1.29, 1.82) is 0 Å². The van der Waals surface area contributed by atoms with Gasteiger partial charge >= 0.3 is 0 Å². The molecule has 5 rings (SSSR count). The van der Waals surface area contributed by atoms with E-state index in [9.17, 15) is 4.79 Å². The minimum Gasteiger partial charge on any atom is -0.360 e. The molecule has 0 bridgehead atoms. The Hall–Kier alpha value is -2.93. The van der Waals surface area contributed by atoms with Crippen LogP contribution in [0.5, 0.6) is 0 Å². The summed E-state index contributed by atoms with van der Waals surface area (Å²) in [5.74, 6) is 1.28. The number of carbonyl (C=O) groups excluding carboxylic acids is 1. The minimum absolute atomic E-state index is 0.0910. The van der Waals surface area contributed by atoms with Crippen LogP contribution in [0.25, 0.3) is 22.3 Å². The Morgan fingerprint density at radius 3 is 2.78 bits per heavy atom. The summed E-state index contributed by atoms with van der Waals surface area (Å²) in [6, 6.07) is 12.2. The summed E-state index contributed by atoms with van der Waals surface area (Å²) in [7, 11) is 0. The lowest BCUT2D eigenvalue weighted by molar-refractivity contribution is 0.102. The molecule has 1 aromatic carbocycles. The number of rotatable bonds is 6. The van der Waals surface area contributed by atoms with E-state index in [0.29, 0.717) is 11.8 Å². The molecule has 0 amide bonds. The van der Waals surface area contributed by atoms with Gasteiger partial charge in [-0.3, -0.25) is 14.3 Å². The molecule has 1 aliphatic carbocycles. The summed E-state index contributed by atoms with van der Waals surface area (Å²) in [5.41, 5.74) is 2.70. The second kappa shape index (κ2) is 6.66. The number of aromatic nitrogens is 5. The van der Waals surface area contributed by atoms with Crippen LogP contribution in [0.2, 0.25) is 0 Å².